The van der Waals surface area contributed by atoms with E-state index in [0.717, 1.165) is 5.56 Å². The molecule has 1 fully saturated rings. The molecule has 0 atom stereocenters. The number of carbonyl (C=O) groups excluding carboxylic acids is 1. The molecule has 1 aliphatic carbocycles. The minimum absolute atomic E-state index is 0.150. The number of aromatic nitrogens is 1. The summed E-state index contributed by atoms with van der Waals surface area (Å²) in [6.07, 6.45) is 3.41. The normalized spacial score (nSPS) is 17.5. The standard InChI is InChI=1S/C17H23N3O5S/c1-12-4-3-8-18-17(12)25-11-16(21)20-9-7-14(15(20)10-24-2)19-26(22,23)13-5-6-13/h3-4,8,13,19H,5-7,9-11H2,1-2H3. The molecule has 2 heterocycles. The van der Waals surface area contributed by atoms with Gasteiger partial charge in [-0.3, -0.25) is 9.52 Å². The zero-order valence-electron chi connectivity index (χ0n) is 14.9. The second-order valence-electron chi connectivity index (χ2n) is 6.41. The molecule has 1 saturated carbocycles. The van der Waals surface area contributed by atoms with Crippen LogP contribution in [0.3, 0.4) is 0 Å². The molecule has 0 unspecified atom stereocenters. The predicted molar refractivity (Wildman–Crippen MR) is 94.8 cm³/mol. The number of nitrogens with zero attached hydrogens (tertiary/aromatic N) is 2. The van der Waals surface area contributed by atoms with Crippen LogP contribution in [0.25, 0.3) is 0 Å². The van der Waals surface area contributed by atoms with Crippen LogP contribution in [-0.4, -0.2) is 56.3 Å². The van der Waals surface area contributed by atoms with Crippen LogP contribution in [-0.2, 0) is 19.6 Å². The first-order valence-electron chi connectivity index (χ1n) is 8.49. The predicted octanol–water partition coefficient (Wildman–Crippen LogP) is 0.941. The van der Waals surface area contributed by atoms with Crippen LogP contribution in [0.1, 0.15) is 24.8 Å². The Morgan fingerprint density at radius 2 is 2.19 bits per heavy atom. The molecular formula is C17H23N3O5S. The lowest BCUT2D eigenvalue weighted by atomic mass is 10.3. The molecule has 0 bridgehead atoms. The number of methoxy groups -OCH3 is 1. The minimum atomic E-state index is -3.37. The van der Waals surface area contributed by atoms with E-state index in [9.17, 15) is 13.2 Å². The molecule has 26 heavy (non-hydrogen) atoms. The van der Waals surface area contributed by atoms with Gasteiger partial charge in [0.05, 0.1) is 17.6 Å². The summed E-state index contributed by atoms with van der Waals surface area (Å²) in [5.41, 5.74) is 1.91. The SMILES string of the molecule is COCC1=C(NS(=O)(=O)C2CC2)CCN1C(=O)COc1ncccc1C. The number of pyridine rings is 1. The summed E-state index contributed by atoms with van der Waals surface area (Å²) >= 11 is 0. The van der Waals surface area contributed by atoms with Crippen LogP contribution in [0.5, 0.6) is 5.88 Å². The summed E-state index contributed by atoms with van der Waals surface area (Å²) in [5.74, 6) is 0.148. The molecule has 0 saturated heterocycles. The van der Waals surface area contributed by atoms with Crippen molar-refractivity contribution in [2.24, 2.45) is 0 Å². The van der Waals surface area contributed by atoms with Crippen LogP contribution in [0.15, 0.2) is 29.7 Å². The average Bonchev–Trinajstić information content (AvgIpc) is 3.40. The van der Waals surface area contributed by atoms with Gasteiger partial charge in [0.2, 0.25) is 15.9 Å². The number of ether oxygens (including phenoxy) is 2. The van der Waals surface area contributed by atoms with Crippen molar-refractivity contribution in [2.45, 2.75) is 31.4 Å². The Bertz CT molecular complexity index is 817. The van der Waals surface area contributed by atoms with Crippen molar-refractivity contribution in [3.05, 3.63) is 35.3 Å². The van der Waals surface area contributed by atoms with Crippen LogP contribution >= 0.6 is 0 Å². The van der Waals surface area contributed by atoms with Gasteiger partial charge in [0.1, 0.15) is 0 Å². The molecule has 3 rings (SSSR count). The highest BCUT2D eigenvalue weighted by molar-refractivity contribution is 7.90. The van der Waals surface area contributed by atoms with Crippen LogP contribution in [0.4, 0.5) is 0 Å². The van der Waals surface area contributed by atoms with E-state index in [1.807, 2.05) is 13.0 Å². The highest BCUT2D eigenvalue weighted by Crippen LogP contribution is 2.30. The number of amides is 1. The molecule has 2 aliphatic rings. The second kappa shape index (κ2) is 7.63. The van der Waals surface area contributed by atoms with E-state index in [1.54, 1.807) is 12.3 Å². The Labute approximate surface area is 153 Å². The smallest absolute Gasteiger partial charge is 0.264 e. The zero-order valence-corrected chi connectivity index (χ0v) is 15.7. The monoisotopic (exact) mass is 381 g/mol. The summed E-state index contributed by atoms with van der Waals surface area (Å²) in [7, 11) is -1.87. The van der Waals surface area contributed by atoms with Crippen LogP contribution in [0.2, 0.25) is 0 Å². The van der Waals surface area contributed by atoms with E-state index in [1.165, 1.54) is 12.0 Å². The topological polar surface area (TPSA) is 97.8 Å². The van der Waals surface area contributed by atoms with Crippen molar-refractivity contribution in [3.8, 4) is 5.88 Å². The summed E-state index contributed by atoms with van der Waals surface area (Å²) in [5, 5.41) is -0.320. The van der Waals surface area contributed by atoms with E-state index in [-0.39, 0.29) is 24.4 Å². The van der Waals surface area contributed by atoms with E-state index in [2.05, 4.69) is 9.71 Å². The molecular weight excluding hydrogens is 358 g/mol. The maximum atomic E-state index is 12.6. The van der Waals surface area contributed by atoms with Gasteiger partial charge in [-0.2, -0.15) is 0 Å². The van der Waals surface area contributed by atoms with Gasteiger partial charge in [0.15, 0.2) is 6.61 Å². The van der Waals surface area contributed by atoms with Crippen LogP contribution < -0.4 is 9.46 Å². The molecule has 1 amide bonds. The summed E-state index contributed by atoms with van der Waals surface area (Å²) in [4.78, 5) is 18.2. The van der Waals surface area contributed by atoms with Gasteiger partial charge in [-0.1, -0.05) is 6.07 Å². The van der Waals surface area contributed by atoms with Crippen molar-refractivity contribution in [2.75, 3.05) is 26.9 Å². The first kappa shape index (κ1) is 18.7. The third-order valence-corrected chi connectivity index (χ3v) is 6.24. The number of aryl methyl sites for hydroxylation is 1. The van der Waals surface area contributed by atoms with Gasteiger partial charge in [0, 0.05) is 37.5 Å². The first-order chi connectivity index (χ1) is 12.4. The fraction of sp³-hybridized carbons (Fsp3) is 0.529. The molecule has 0 aromatic carbocycles. The summed E-state index contributed by atoms with van der Waals surface area (Å²) in [6, 6.07) is 3.64. The quantitative estimate of drug-likeness (QED) is 0.720. The third kappa shape index (κ3) is 4.16. The van der Waals surface area contributed by atoms with Gasteiger partial charge in [0.25, 0.3) is 5.91 Å². The largest absolute Gasteiger partial charge is 0.467 e. The lowest BCUT2D eigenvalue weighted by molar-refractivity contribution is -0.131. The van der Waals surface area contributed by atoms with Crippen molar-refractivity contribution >= 4 is 15.9 Å². The van der Waals surface area contributed by atoms with E-state index in [4.69, 9.17) is 9.47 Å². The average molecular weight is 381 g/mol. The summed E-state index contributed by atoms with van der Waals surface area (Å²) in [6.45, 7) is 2.22. The Morgan fingerprint density at radius 1 is 1.42 bits per heavy atom. The molecule has 1 aromatic rings. The van der Waals surface area contributed by atoms with E-state index >= 15 is 0 Å². The Morgan fingerprint density at radius 3 is 2.85 bits per heavy atom. The minimum Gasteiger partial charge on any atom is -0.467 e. The molecule has 142 valence electrons. The molecule has 1 N–H and O–H groups in total. The van der Waals surface area contributed by atoms with Crippen molar-refractivity contribution in [1.29, 1.82) is 0 Å². The second-order valence-corrected chi connectivity index (χ2v) is 8.38. The number of rotatable bonds is 8. The van der Waals surface area contributed by atoms with Crippen LogP contribution in [0, 0.1) is 6.92 Å². The number of hydrogen-bond donors (Lipinski definition) is 1. The van der Waals surface area contributed by atoms with Gasteiger partial charge in [-0.15, -0.1) is 0 Å². The molecule has 0 radical (unpaired) electrons. The molecule has 8 nitrogen and oxygen atoms in total. The van der Waals surface area contributed by atoms with Crippen molar-refractivity contribution in [1.82, 2.24) is 14.6 Å². The number of nitrogens with one attached hydrogen (secondary N) is 1. The first-order valence-corrected chi connectivity index (χ1v) is 10.0. The van der Waals surface area contributed by atoms with Gasteiger partial charge in [-0.05, 0) is 25.8 Å². The number of carbonyl (C=O) groups is 1. The molecule has 1 aromatic heterocycles. The van der Waals surface area contributed by atoms with E-state index < -0.39 is 10.0 Å². The van der Waals surface area contributed by atoms with E-state index in [0.29, 0.717) is 43.1 Å². The van der Waals surface area contributed by atoms with Gasteiger partial charge in [-0.25, -0.2) is 13.4 Å². The van der Waals surface area contributed by atoms with Gasteiger partial charge >= 0.3 is 0 Å². The number of hydrogen-bond acceptors (Lipinski definition) is 6. The number of sulfonamides is 1. The van der Waals surface area contributed by atoms with Crippen molar-refractivity contribution in [3.63, 3.8) is 0 Å². The summed E-state index contributed by atoms with van der Waals surface area (Å²) < 4.78 is 37.7. The molecule has 1 aliphatic heterocycles. The highest BCUT2D eigenvalue weighted by Gasteiger charge is 2.38. The third-order valence-electron chi connectivity index (χ3n) is 4.36. The fourth-order valence-electron chi connectivity index (χ4n) is 2.82. The lowest BCUT2D eigenvalue weighted by Gasteiger charge is -2.20. The molecule has 9 heteroatoms. The van der Waals surface area contributed by atoms with Crippen molar-refractivity contribution < 1.29 is 22.7 Å². The maximum Gasteiger partial charge on any atom is 0.264 e. The fourth-order valence-corrected chi connectivity index (χ4v) is 4.30. The highest BCUT2D eigenvalue weighted by atomic mass is 32.2. The maximum absolute atomic E-state index is 12.6. The lowest BCUT2D eigenvalue weighted by Crippen LogP contribution is -2.34. The molecule has 0 spiro atoms. The van der Waals surface area contributed by atoms with Gasteiger partial charge < -0.3 is 14.4 Å². The Hall–Kier alpha value is -2.13. The zero-order chi connectivity index (χ0) is 18.7. The Balaban J connectivity index is 1.69. The Kier molecular flexibility index (Phi) is 5.47.